The number of aryl methyl sites for hydroxylation is 2. The van der Waals surface area contributed by atoms with Crippen molar-refractivity contribution in [1.29, 1.82) is 0 Å². The molecule has 0 saturated heterocycles. The monoisotopic (exact) mass is 374 g/mol. The van der Waals surface area contributed by atoms with E-state index in [1.807, 2.05) is 48.1 Å². The fraction of sp³-hybridized carbons (Fsp3) is 0.348. The average Bonchev–Trinajstić information content (AvgIpc) is 3.08. The number of hydrogen-bond donors (Lipinski definition) is 0. The maximum absolute atomic E-state index is 6.32. The molecule has 1 aliphatic rings. The molecule has 0 bridgehead atoms. The number of ether oxygens (including phenoxy) is 1. The zero-order valence-electron chi connectivity index (χ0n) is 17.2. The first-order chi connectivity index (χ1) is 13.4. The lowest BCUT2D eigenvalue weighted by Gasteiger charge is -2.33. The summed E-state index contributed by atoms with van der Waals surface area (Å²) in [7, 11) is 0. The molecule has 3 aromatic rings. The van der Waals surface area contributed by atoms with Crippen molar-refractivity contribution in [3.05, 3.63) is 70.7 Å². The summed E-state index contributed by atoms with van der Waals surface area (Å²) < 4.78 is 8.21. The number of allylic oxidation sites excluding steroid dienone is 2. The molecule has 5 heteroatoms. The van der Waals surface area contributed by atoms with E-state index in [1.54, 1.807) is 0 Å². The molecule has 3 heterocycles. The van der Waals surface area contributed by atoms with Crippen molar-refractivity contribution in [3.8, 4) is 5.75 Å². The highest BCUT2D eigenvalue weighted by molar-refractivity contribution is 6.18. The van der Waals surface area contributed by atoms with Gasteiger partial charge in [0.1, 0.15) is 5.75 Å². The molecule has 1 aromatic carbocycles. The minimum absolute atomic E-state index is 0.621. The molecule has 144 valence electrons. The molecular formula is C23H26N4O. The van der Waals surface area contributed by atoms with Crippen LogP contribution in [-0.4, -0.2) is 26.0 Å². The van der Waals surface area contributed by atoms with Gasteiger partial charge < -0.3 is 4.74 Å². The molecule has 0 N–H and O–H groups in total. The zero-order chi connectivity index (χ0) is 19.9. The molecule has 0 fully saturated rings. The lowest BCUT2D eigenvalue weighted by atomic mass is 9.99. The quantitative estimate of drug-likeness (QED) is 0.601. The van der Waals surface area contributed by atoms with Gasteiger partial charge in [-0.2, -0.15) is 5.10 Å². The maximum Gasteiger partial charge on any atom is 0.198 e. The first kappa shape index (κ1) is 18.4. The number of aromatic nitrogens is 3. The van der Waals surface area contributed by atoms with Crippen molar-refractivity contribution in [2.45, 2.75) is 53.2 Å². The van der Waals surface area contributed by atoms with Gasteiger partial charge in [-0.25, -0.2) is 14.5 Å². The molecule has 4 rings (SSSR count). The van der Waals surface area contributed by atoms with Gasteiger partial charge in [0.05, 0.1) is 17.5 Å². The zero-order valence-corrected chi connectivity index (χ0v) is 17.2. The Bertz CT molecular complexity index is 1100. The summed E-state index contributed by atoms with van der Waals surface area (Å²) in [6.07, 6.45) is 7.72. The molecule has 1 atom stereocenters. The van der Waals surface area contributed by atoms with Crippen molar-refractivity contribution in [2.75, 3.05) is 0 Å². The fourth-order valence-electron chi connectivity index (χ4n) is 3.55. The predicted molar refractivity (Wildman–Crippen MR) is 112 cm³/mol. The van der Waals surface area contributed by atoms with E-state index in [9.17, 15) is 0 Å². The van der Waals surface area contributed by atoms with Gasteiger partial charge in [-0.3, -0.25) is 0 Å². The Morgan fingerprint density at radius 1 is 1.14 bits per heavy atom. The Hall–Kier alpha value is -2.95. The van der Waals surface area contributed by atoms with Gasteiger partial charge in [0, 0.05) is 23.9 Å². The number of nitrogens with zero attached hydrogens (tertiary/aromatic N) is 4. The number of aliphatic imine (C=N–C) groups is 1. The summed E-state index contributed by atoms with van der Waals surface area (Å²) in [6.45, 7) is 10.4. The van der Waals surface area contributed by atoms with E-state index in [0.717, 1.165) is 52.3 Å². The van der Waals surface area contributed by atoms with Crippen LogP contribution in [-0.2, 0) is 0 Å². The predicted octanol–water partition coefficient (Wildman–Crippen LogP) is 5.04. The normalized spacial score (nSPS) is 18.4. The molecule has 5 nitrogen and oxygen atoms in total. The summed E-state index contributed by atoms with van der Waals surface area (Å²) in [5.74, 6) is 0.857. The SMILES string of the molecule is CC(C)=CCCC1(C)N=C(c2cnn3c(C)c(C)cnc23)c2ccccc2O1. The molecular weight excluding hydrogens is 348 g/mol. The second-order valence-electron chi connectivity index (χ2n) is 7.87. The van der Waals surface area contributed by atoms with Crippen molar-refractivity contribution >= 4 is 11.4 Å². The molecule has 28 heavy (non-hydrogen) atoms. The smallest absolute Gasteiger partial charge is 0.198 e. The van der Waals surface area contributed by atoms with Crippen LogP contribution < -0.4 is 4.74 Å². The summed E-state index contributed by atoms with van der Waals surface area (Å²) in [6, 6.07) is 8.07. The third-order valence-electron chi connectivity index (χ3n) is 5.25. The van der Waals surface area contributed by atoms with Crippen molar-refractivity contribution < 1.29 is 4.74 Å². The molecule has 1 aliphatic heterocycles. The van der Waals surface area contributed by atoms with E-state index >= 15 is 0 Å². The van der Waals surface area contributed by atoms with E-state index in [-0.39, 0.29) is 0 Å². The average molecular weight is 374 g/mol. The van der Waals surface area contributed by atoms with Crippen LogP contribution in [0.3, 0.4) is 0 Å². The van der Waals surface area contributed by atoms with Gasteiger partial charge in [-0.15, -0.1) is 0 Å². The van der Waals surface area contributed by atoms with Crippen molar-refractivity contribution in [2.24, 2.45) is 4.99 Å². The Labute approximate surface area is 165 Å². The second-order valence-corrected chi connectivity index (χ2v) is 7.87. The summed E-state index contributed by atoms with van der Waals surface area (Å²) in [5, 5.41) is 4.58. The minimum atomic E-state index is -0.621. The highest BCUT2D eigenvalue weighted by Crippen LogP contribution is 2.35. The van der Waals surface area contributed by atoms with Crippen LogP contribution in [0.25, 0.3) is 5.65 Å². The van der Waals surface area contributed by atoms with Crippen LogP contribution in [0.5, 0.6) is 5.75 Å². The van der Waals surface area contributed by atoms with Gasteiger partial charge in [-0.1, -0.05) is 23.8 Å². The van der Waals surface area contributed by atoms with E-state index in [2.05, 4.69) is 43.9 Å². The van der Waals surface area contributed by atoms with Crippen LogP contribution in [0.1, 0.15) is 56.0 Å². The Kier molecular flexibility index (Phi) is 4.53. The largest absolute Gasteiger partial charge is 0.466 e. The highest BCUT2D eigenvalue weighted by atomic mass is 16.5. The van der Waals surface area contributed by atoms with Crippen LogP contribution in [0.15, 0.2) is 53.3 Å². The number of benzene rings is 1. The van der Waals surface area contributed by atoms with Crippen LogP contribution in [0.2, 0.25) is 0 Å². The van der Waals surface area contributed by atoms with E-state index in [4.69, 9.17) is 9.73 Å². The Morgan fingerprint density at radius 3 is 2.71 bits per heavy atom. The first-order valence-electron chi connectivity index (χ1n) is 9.70. The van der Waals surface area contributed by atoms with E-state index in [1.165, 1.54) is 5.57 Å². The third kappa shape index (κ3) is 3.21. The van der Waals surface area contributed by atoms with Crippen molar-refractivity contribution in [1.82, 2.24) is 14.6 Å². The van der Waals surface area contributed by atoms with Gasteiger partial charge in [0.2, 0.25) is 0 Å². The van der Waals surface area contributed by atoms with Crippen molar-refractivity contribution in [3.63, 3.8) is 0 Å². The van der Waals surface area contributed by atoms with E-state index in [0.29, 0.717) is 0 Å². The standard InChI is InChI=1S/C23H26N4O/c1-15(2)9-8-12-23(5)26-21(18-10-6-7-11-20(18)28-23)19-14-25-27-17(4)16(3)13-24-22(19)27/h6-7,9-11,13-14H,8,12H2,1-5H3. The summed E-state index contributed by atoms with van der Waals surface area (Å²) in [5.41, 5.74) is 6.53. The van der Waals surface area contributed by atoms with Crippen LogP contribution >= 0.6 is 0 Å². The molecule has 0 saturated carbocycles. The molecule has 0 radical (unpaired) electrons. The number of para-hydroxylation sites is 1. The molecule has 0 amide bonds. The van der Waals surface area contributed by atoms with Crippen LogP contribution in [0.4, 0.5) is 0 Å². The first-order valence-corrected chi connectivity index (χ1v) is 9.70. The number of hydrogen-bond acceptors (Lipinski definition) is 4. The number of fused-ring (bicyclic) bond motifs is 2. The molecule has 2 aromatic heterocycles. The minimum Gasteiger partial charge on any atom is -0.466 e. The van der Waals surface area contributed by atoms with E-state index < -0.39 is 5.72 Å². The lowest BCUT2D eigenvalue weighted by molar-refractivity contribution is 0.0858. The fourth-order valence-corrected chi connectivity index (χ4v) is 3.55. The Balaban J connectivity index is 1.85. The second kappa shape index (κ2) is 6.89. The van der Waals surface area contributed by atoms with Crippen LogP contribution in [0, 0.1) is 13.8 Å². The van der Waals surface area contributed by atoms with Gasteiger partial charge in [-0.05, 0) is 58.7 Å². The third-order valence-corrected chi connectivity index (χ3v) is 5.25. The van der Waals surface area contributed by atoms with Gasteiger partial charge >= 0.3 is 0 Å². The topological polar surface area (TPSA) is 51.8 Å². The molecule has 0 aliphatic carbocycles. The molecule has 0 spiro atoms. The summed E-state index contributed by atoms with van der Waals surface area (Å²) >= 11 is 0. The highest BCUT2D eigenvalue weighted by Gasteiger charge is 2.33. The van der Waals surface area contributed by atoms with Gasteiger partial charge in [0.15, 0.2) is 11.4 Å². The number of rotatable bonds is 4. The Morgan fingerprint density at radius 2 is 1.93 bits per heavy atom. The molecule has 1 unspecified atom stereocenters. The summed E-state index contributed by atoms with van der Waals surface area (Å²) in [4.78, 5) is 9.72. The lowest BCUT2D eigenvalue weighted by Crippen LogP contribution is -2.35. The van der Waals surface area contributed by atoms with Gasteiger partial charge in [0.25, 0.3) is 0 Å². The maximum atomic E-state index is 6.32.